The van der Waals surface area contributed by atoms with Crippen LogP contribution in [0.15, 0.2) is 24.3 Å². The number of unbranched alkanes of at least 4 members (excludes halogenated alkanes) is 38. The van der Waals surface area contributed by atoms with Crippen molar-refractivity contribution in [1.29, 1.82) is 0 Å². The average molecular weight is 1420 g/mol. The highest BCUT2D eigenvalue weighted by Gasteiger charge is 2.30. The molecule has 0 aliphatic rings. The lowest BCUT2D eigenvalue weighted by Crippen LogP contribution is -2.30. The Morgan fingerprint density at radius 3 is 0.918 bits per heavy atom. The standard InChI is InChI=1S/C78H148O17P2/c1-8-10-11-12-13-14-15-16-17-21-27-32-37-45-52-59-75(80)88-65-73(94-77(82)62-55-48-39-34-29-24-23-25-30-35-42-49-56-69(3)4)67-92-96(84,85)90-63-72(79)64-91-97(86,87)93-68-74(66-89-76(81)60-53-46-41-40-43-50-57-70(5)6)95-78(83)61-54-47-38-33-28-22-19-18-20-26-31-36-44-51-58-71(7)9-2/h14-17,69-74,79H,8-13,18-68H2,1-7H3,(H,84,85)(H,86,87)/b15-14-,17-16-/t71?,72-,73-,74-/m1/s1. The summed E-state index contributed by atoms with van der Waals surface area (Å²) < 4.78 is 68.5. The molecule has 0 aromatic heterocycles. The molecule has 17 nitrogen and oxygen atoms in total. The van der Waals surface area contributed by atoms with Crippen molar-refractivity contribution in [2.24, 2.45) is 17.8 Å². The van der Waals surface area contributed by atoms with Gasteiger partial charge in [0.25, 0.3) is 0 Å². The fraction of sp³-hybridized carbons (Fsp3) is 0.897. The fourth-order valence-electron chi connectivity index (χ4n) is 11.4. The van der Waals surface area contributed by atoms with Gasteiger partial charge in [0.2, 0.25) is 0 Å². The molecule has 0 saturated carbocycles. The molecule has 3 unspecified atom stereocenters. The molecule has 572 valence electrons. The summed E-state index contributed by atoms with van der Waals surface area (Å²) in [7, 11) is -9.93. The van der Waals surface area contributed by atoms with Gasteiger partial charge in [-0.3, -0.25) is 37.3 Å². The Kier molecular flexibility index (Phi) is 66.3. The molecule has 0 aliphatic carbocycles. The summed E-state index contributed by atoms with van der Waals surface area (Å²) in [5.74, 6) is 0.149. The lowest BCUT2D eigenvalue weighted by atomic mass is 9.99. The Balaban J connectivity index is 5.26. The number of phosphoric acid groups is 2. The molecule has 97 heavy (non-hydrogen) atoms. The second-order valence-electron chi connectivity index (χ2n) is 28.6. The molecular formula is C78H148O17P2. The maximum absolute atomic E-state index is 13.1. The van der Waals surface area contributed by atoms with Gasteiger partial charge in [-0.1, -0.05) is 323 Å². The molecule has 6 atom stereocenters. The first-order valence-electron chi connectivity index (χ1n) is 39.7. The van der Waals surface area contributed by atoms with Crippen molar-refractivity contribution < 1.29 is 80.2 Å². The van der Waals surface area contributed by atoms with Crippen LogP contribution in [0.4, 0.5) is 0 Å². The monoisotopic (exact) mass is 1420 g/mol. The number of hydrogen-bond acceptors (Lipinski definition) is 15. The van der Waals surface area contributed by atoms with Gasteiger partial charge in [0.15, 0.2) is 12.2 Å². The molecular weight excluding hydrogens is 1270 g/mol. The summed E-state index contributed by atoms with van der Waals surface area (Å²) in [6.07, 6.45) is 57.7. The Hall–Kier alpha value is -2.46. The van der Waals surface area contributed by atoms with E-state index in [9.17, 15) is 43.2 Å². The zero-order chi connectivity index (χ0) is 71.6. The van der Waals surface area contributed by atoms with Crippen LogP contribution < -0.4 is 0 Å². The van der Waals surface area contributed by atoms with E-state index in [-0.39, 0.29) is 25.7 Å². The van der Waals surface area contributed by atoms with Crippen molar-refractivity contribution in [1.82, 2.24) is 0 Å². The van der Waals surface area contributed by atoms with Gasteiger partial charge in [-0.15, -0.1) is 0 Å². The fourth-order valence-corrected chi connectivity index (χ4v) is 13.0. The van der Waals surface area contributed by atoms with E-state index in [1.165, 1.54) is 161 Å². The van der Waals surface area contributed by atoms with E-state index in [0.717, 1.165) is 127 Å². The SMILES string of the molecule is CCCCCC/C=C\C=C/CCCCCCCC(=O)OC[C@H](COP(=O)(O)OC[C@@H](O)COP(=O)(O)OC[C@@H](COC(=O)CCCCCCCCC(C)C)OC(=O)CCCCCCCCCCCCCCCCC(C)CC)OC(=O)CCCCCCCCCCCCCCC(C)C. The number of phosphoric ester groups is 2. The van der Waals surface area contributed by atoms with Crippen LogP contribution in [0.1, 0.15) is 376 Å². The Bertz CT molecular complexity index is 1980. The highest BCUT2D eigenvalue weighted by molar-refractivity contribution is 7.47. The lowest BCUT2D eigenvalue weighted by molar-refractivity contribution is -0.161. The van der Waals surface area contributed by atoms with E-state index in [0.29, 0.717) is 31.6 Å². The molecule has 19 heteroatoms. The number of carbonyl (C=O) groups is 4. The van der Waals surface area contributed by atoms with Crippen LogP contribution in [0, 0.1) is 17.8 Å². The van der Waals surface area contributed by atoms with Crippen LogP contribution in [0.25, 0.3) is 0 Å². The maximum atomic E-state index is 13.1. The Labute approximate surface area is 592 Å². The molecule has 0 radical (unpaired) electrons. The van der Waals surface area contributed by atoms with Gasteiger partial charge in [0, 0.05) is 25.7 Å². The molecule has 0 bridgehead atoms. The molecule has 0 fully saturated rings. The molecule has 0 saturated heterocycles. The van der Waals surface area contributed by atoms with Crippen molar-refractivity contribution in [2.45, 2.75) is 394 Å². The number of allylic oxidation sites excluding steroid dienone is 4. The normalized spacial score (nSPS) is 14.5. The molecule has 0 amide bonds. The van der Waals surface area contributed by atoms with E-state index in [1.54, 1.807) is 0 Å². The molecule has 0 rings (SSSR count). The van der Waals surface area contributed by atoms with Crippen LogP contribution in [-0.2, 0) is 65.4 Å². The molecule has 0 heterocycles. The van der Waals surface area contributed by atoms with Gasteiger partial charge in [0.1, 0.15) is 19.3 Å². The Morgan fingerprint density at radius 1 is 0.340 bits per heavy atom. The number of aliphatic hydroxyl groups is 1. The number of rotatable bonds is 74. The highest BCUT2D eigenvalue weighted by atomic mass is 31.2. The summed E-state index contributed by atoms with van der Waals surface area (Å²) in [6, 6.07) is 0. The third-order valence-corrected chi connectivity index (χ3v) is 19.8. The van der Waals surface area contributed by atoms with Gasteiger partial charge in [0.05, 0.1) is 26.4 Å². The lowest BCUT2D eigenvalue weighted by Gasteiger charge is -2.21. The minimum Gasteiger partial charge on any atom is -0.462 e. The topological polar surface area (TPSA) is 237 Å². The summed E-state index contributed by atoms with van der Waals surface area (Å²) >= 11 is 0. The number of ether oxygens (including phenoxy) is 4. The second-order valence-corrected chi connectivity index (χ2v) is 31.5. The van der Waals surface area contributed by atoms with E-state index in [4.69, 9.17) is 37.0 Å². The molecule has 0 aromatic carbocycles. The number of esters is 4. The summed E-state index contributed by atoms with van der Waals surface area (Å²) in [6.45, 7) is 11.8. The van der Waals surface area contributed by atoms with Crippen LogP contribution >= 0.6 is 15.6 Å². The third kappa shape index (κ3) is 70.4. The Morgan fingerprint density at radius 2 is 0.608 bits per heavy atom. The second kappa shape index (κ2) is 68.0. The zero-order valence-corrected chi connectivity index (χ0v) is 64.8. The molecule has 0 spiro atoms. The summed E-state index contributed by atoms with van der Waals surface area (Å²) in [5.41, 5.74) is 0. The van der Waals surface area contributed by atoms with Crippen molar-refractivity contribution in [3.05, 3.63) is 24.3 Å². The predicted octanol–water partition coefficient (Wildman–Crippen LogP) is 22.5. The van der Waals surface area contributed by atoms with Gasteiger partial charge in [-0.25, -0.2) is 9.13 Å². The van der Waals surface area contributed by atoms with Crippen LogP contribution in [-0.4, -0.2) is 96.7 Å². The molecule has 0 aromatic rings. The largest absolute Gasteiger partial charge is 0.472 e. The highest BCUT2D eigenvalue weighted by Crippen LogP contribution is 2.45. The van der Waals surface area contributed by atoms with Crippen molar-refractivity contribution in [3.8, 4) is 0 Å². The number of hydrogen-bond donors (Lipinski definition) is 3. The zero-order valence-electron chi connectivity index (χ0n) is 63.0. The first-order valence-corrected chi connectivity index (χ1v) is 42.7. The van der Waals surface area contributed by atoms with Crippen molar-refractivity contribution in [3.63, 3.8) is 0 Å². The van der Waals surface area contributed by atoms with Gasteiger partial charge < -0.3 is 33.8 Å². The third-order valence-electron chi connectivity index (χ3n) is 17.9. The number of aliphatic hydroxyl groups excluding tert-OH is 1. The predicted molar refractivity (Wildman–Crippen MR) is 395 cm³/mol. The molecule has 0 aliphatic heterocycles. The van der Waals surface area contributed by atoms with Crippen LogP contribution in [0.5, 0.6) is 0 Å². The van der Waals surface area contributed by atoms with Crippen LogP contribution in [0.2, 0.25) is 0 Å². The van der Waals surface area contributed by atoms with Crippen molar-refractivity contribution in [2.75, 3.05) is 39.6 Å². The minimum absolute atomic E-state index is 0.0996. The van der Waals surface area contributed by atoms with Gasteiger partial charge >= 0.3 is 39.5 Å². The minimum atomic E-state index is -4.97. The number of carbonyl (C=O) groups excluding carboxylic acids is 4. The first-order chi connectivity index (χ1) is 46.8. The van der Waals surface area contributed by atoms with Gasteiger partial charge in [-0.2, -0.15) is 0 Å². The summed E-state index contributed by atoms with van der Waals surface area (Å²) in [4.78, 5) is 72.8. The van der Waals surface area contributed by atoms with Gasteiger partial charge in [-0.05, 0) is 69.1 Å². The quantitative estimate of drug-likeness (QED) is 0.0169. The van der Waals surface area contributed by atoms with E-state index < -0.39 is 97.5 Å². The van der Waals surface area contributed by atoms with Crippen molar-refractivity contribution >= 4 is 39.5 Å². The summed E-state index contributed by atoms with van der Waals surface area (Å²) in [5, 5.41) is 10.6. The van der Waals surface area contributed by atoms with Crippen LogP contribution in [0.3, 0.4) is 0 Å². The first kappa shape index (κ1) is 94.5. The van der Waals surface area contributed by atoms with E-state index in [1.807, 2.05) is 0 Å². The van der Waals surface area contributed by atoms with E-state index in [2.05, 4.69) is 72.8 Å². The average Bonchev–Trinajstić information content (AvgIpc) is 1.31. The smallest absolute Gasteiger partial charge is 0.462 e. The van der Waals surface area contributed by atoms with E-state index >= 15 is 0 Å². The maximum Gasteiger partial charge on any atom is 0.472 e. The molecule has 3 N–H and O–H groups in total.